The number of ether oxygens (including phenoxy) is 2. The van der Waals surface area contributed by atoms with Crippen molar-refractivity contribution in [3.05, 3.63) is 48.7 Å². The van der Waals surface area contributed by atoms with Crippen LogP contribution in [0.2, 0.25) is 0 Å². The van der Waals surface area contributed by atoms with Crippen LogP contribution in [0.1, 0.15) is 19.6 Å². The molecule has 0 radical (unpaired) electrons. The van der Waals surface area contributed by atoms with E-state index in [0.29, 0.717) is 0 Å². The Kier molecular flexibility index (Phi) is 3.56. The van der Waals surface area contributed by atoms with Gasteiger partial charge in [-0.1, -0.05) is 30.4 Å². The SMILES string of the molecule is CC(=O)OC[C@H]1C=CC[C@H](n2ccc3ccccc32)O1. The summed E-state index contributed by atoms with van der Waals surface area (Å²) in [5.74, 6) is -0.282. The van der Waals surface area contributed by atoms with E-state index in [0.717, 1.165) is 11.9 Å². The minimum absolute atomic E-state index is 0.0551. The average Bonchev–Trinajstić information content (AvgIpc) is 2.89. The number of carbonyl (C=O) groups excluding carboxylic acids is 1. The molecule has 0 unspecified atom stereocenters. The quantitative estimate of drug-likeness (QED) is 0.636. The molecule has 0 spiro atoms. The van der Waals surface area contributed by atoms with Crippen LogP contribution in [0.4, 0.5) is 0 Å². The third-order valence-electron chi connectivity index (χ3n) is 3.41. The molecule has 1 aromatic carbocycles. The first-order valence-corrected chi connectivity index (χ1v) is 6.75. The smallest absolute Gasteiger partial charge is 0.302 e. The summed E-state index contributed by atoms with van der Waals surface area (Å²) >= 11 is 0. The van der Waals surface area contributed by atoms with Crippen LogP contribution in [0, 0.1) is 0 Å². The molecule has 0 N–H and O–H groups in total. The van der Waals surface area contributed by atoms with Crippen molar-refractivity contribution in [2.45, 2.75) is 25.7 Å². The molecule has 4 nitrogen and oxygen atoms in total. The molecule has 0 aliphatic carbocycles. The highest BCUT2D eigenvalue weighted by Gasteiger charge is 2.21. The van der Waals surface area contributed by atoms with Gasteiger partial charge in [-0.25, -0.2) is 0 Å². The largest absolute Gasteiger partial charge is 0.463 e. The molecule has 104 valence electrons. The molecule has 20 heavy (non-hydrogen) atoms. The van der Waals surface area contributed by atoms with Gasteiger partial charge in [0.2, 0.25) is 0 Å². The summed E-state index contributed by atoms with van der Waals surface area (Å²) in [7, 11) is 0. The maximum Gasteiger partial charge on any atom is 0.302 e. The Hall–Kier alpha value is -2.07. The topological polar surface area (TPSA) is 40.5 Å². The van der Waals surface area contributed by atoms with Gasteiger partial charge in [-0.15, -0.1) is 0 Å². The molecule has 1 aliphatic rings. The first-order chi connectivity index (χ1) is 9.74. The first kappa shape index (κ1) is 12.9. The molecule has 2 aromatic rings. The van der Waals surface area contributed by atoms with Crippen molar-refractivity contribution >= 4 is 16.9 Å². The van der Waals surface area contributed by atoms with E-state index in [1.54, 1.807) is 0 Å². The van der Waals surface area contributed by atoms with E-state index in [1.807, 2.05) is 24.4 Å². The first-order valence-electron chi connectivity index (χ1n) is 6.75. The Morgan fingerprint density at radius 2 is 2.25 bits per heavy atom. The monoisotopic (exact) mass is 271 g/mol. The Balaban J connectivity index is 1.78. The van der Waals surface area contributed by atoms with Crippen molar-refractivity contribution in [2.24, 2.45) is 0 Å². The number of esters is 1. The zero-order valence-corrected chi connectivity index (χ0v) is 11.4. The van der Waals surface area contributed by atoms with Crippen molar-refractivity contribution in [3.8, 4) is 0 Å². The number of rotatable bonds is 3. The van der Waals surface area contributed by atoms with E-state index in [9.17, 15) is 4.79 Å². The number of benzene rings is 1. The molecule has 4 heteroatoms. The van der Waals surface area contributed by atoms with Crippen molar-refractivity contribution in [3.63, 3.8) is 0 Å². The normalized spacial score (nSPS) is 22.1. The Morgan fingerprint density at radius 3 is 3.10 bits per heavy atom. The van der Waals surface area contributed by atoms with Gasteiger partial charge in [0.15, 0.2) is 0 Å². The molecule has 0 bridgehead atoms. The number of para-hydroxylation sites is 1. The van der Waals surface area contributed by atoms with Crippen LogP contribution in [0.15, 0.2) is 48.7 Å². The van der Waals surface area contributed by atoms with E-state index in [4.69, 9.17) is 9.47 Å². The summed E-state index contributed by atoms with van der Waals surface area (Å²) in [6.07, 6.45) is 6.65. The van der Waals surface area contributed by atoms with Gasteiger partial charge in [0.05, 0.1) is 5.52 Å². The minimum Gasteiger partial charge on any atom is -0.463 e. The highest BCUT2D eigenvalue weighted by molar-refractivity contribution is 5.80. The van der Waals surface area contributed by atoms with Crippen LogP contribution in [0.25, 0.3) is 10.9 Å². The lowest BCUT2D eigenvalue weighted by atomic mass is 10.2. The number of aromatic nitrogens is 1. The van der Waals surface area contributed by atoms with Gasteiger partial charge >= 0.3 is 5.97 Å². The Bertz CT molecular complexity index is 644. The second kappa shape index (κ2) is 5.51. The van der Waals surface area contributed by atoms with E-state index >= 15 is 0 Å². The average molecular weight is 271 g/mol. The van der Waals surface area contributed by atoms with Crippen LogP contribution in [-0.2, 0) is 14.3 Å². The van der Waals surface area contributed by atoms with Crippen molar-refractivity contribution < 1.29 is 14.3 Å². The summed E-state index contributed by atoms with van der Waals surface area (Å²) < 4.78 is 13.1. The molecule has 0 saturated heterocycles. The number of carbonyl (C=O) groups is 1. The summed E-state index contributed by atoms with van der Waals surface area (Å²) in [6.45, 7) is 1.67. The minimum atomic E-state index is -0.282. The van der Waals surface area contributed by atoms with Crippen molar-refractivity contribution in [1.29, 1.82) is 0 Å². The third kappa shape index (κ3) is 2.60. The highest BCUT2D eigenvalue weighted by atomic mass is 16.6. The maximum atomic E-state index is 10.9. The van der Waals surface area contributed by atoms with Gasteiger partial charge in [0.25, 0.3) is 0 Å². The summed E-state index contributed by atoms with van der Waals surface area (Å²) in [6, 6.07) is 10.3. The molecule has 1 aromatic heterocycles. The standard InChI is InChI=1S/C16H17NO3/c1-12(18)19-11-14-6-4-8-16(20-14)17-10-9-13-5-2-3-7-15(13)17/h2-7,9-10,14,16H,8,11H2,1H3/t14-,16-/m1/s1. The summed E-state index contributed by atoms with van der Waals surface area (Å²) in [4.78, 5) is 10.9. The molecule has 3 rings (SSSR count). The van der Waals surface area contributed by atoms with Gasteiger partial charge in [0, 0.05) is 19.5 Å². The zero-order valence-electron chi connectivity index (χ0n) is 11.4. The lowest BCUT2D eigenvalue weighted by Crippen LogP contribution is -2.26. The second-order valence-corrected chi connectivity index (χ2v) is 4.88. The van der Waals surface area contributed by atoms with Gasteiger partial charge in [0.1, 0.15) is 18.9 Å². The van der Waals surface area contributed by atoms with E-state index in [-0.39, 0.29) is 24.9 Å². The van der Waals surface area contributed by atoms with Crippen LogP contribution in [-0.4, -0.2) is 23.2 Å². The van der Waals surface area contributed by atoms with Crippen molar-refractivity contribution in [2.75, 3.05) is 6.61 Å². The van der Waals surface area contributed by atoms with Crippen LogP contribution >= 0.6 is 0 Å². The lowest BCUT2D eigenvalue weighted by Gasteiger charge is -2.27. The number of hydrogen-bond donors (Lipinski definition) is 0. The number of fused-ring (bicyclic) bond motifs is 1. The third-order valence-corrected chi connectivity index (χ3v) is 3.41. The van der Waals surface area contributed by atoms with Gasteiger partial charge in [-0.05, 0) is 17.5 Å². The zero-order chi connectivity index (χ0) is 13.9. The molecule has 2 heterocycles. The molecular weight excluding hydrogens is 254 g/mol. The van der Waals surface area contributed by atoms with Gasteiger partial charge in [-0.3, -0.25) is 4.79 Å². The lowest BCUT2D eigenvalue weighted by molar-refractivity contribution is -0.147. The molecule has 0 fully saturated rings. The predicted molar refractivity (Wildman–Crippen MR) is 76.2 cm³/mol. The van der Waals surface area contributed by atoms with Crippen molar-refractivity contribution in [1.82, 2.24) is 4.57 Å². The Labute approximate surface area is 117 Å². The molecule has 1 aliphatic heterocycles. The van der Waals surface area contributed by atoms with E-state index in [1.165, 1.54) is 12.3 Å². The number of nitrogens with zero attached hydrogens (tertiary/aromatic N) is 1. The highest BCUT2D eigenvalue weighted by Crippen LogP contribution is 2.27. The van der Waals surface area contributed by atoms with Gasteiger partial charge < -0.3 is 14.0 Å². The van der Waals surface area contributed by atoms with Crippen LogP contribution in [0.3, 0.4) is 0 Å². The number of hydrogen-bond acceptors (Lipinski definition) is 3. The second-order valence-electron chi connectivity index (χ2n) is 4.88. The van der Waals surface area contributed by atoms with Gasteiger partial charge in [-0.2, -0.15) is 0 Å². The fraction of sp³-hybridized carbons (Fsp3) is 0.312. The fourth-order valence-corrected chi connectivity index (χ4v) is 2.48. The molecule has 2 atom stereocenters. The summed E-state index contributed by atoms with van der Waals surface area (Å²) in [5.41, 5.74) is 1.15. The van der Waals surface area contributed by atoms with E-state index < -0.39 is 0 Å². The molecule has 0 saturated carbocycles. The molecule has 0 amide bonds. The summed E-state index contributed by atoms with van der Waals surface area (Å²) in [5, 5.41) is 1.20. The van der Waals surface area contributed by atoms with E-state index in [2.05, 4.69) is 28.8 Å². The Morgan fingerprint density at radius 1 is 1.40 bits per heavy atom. The van der Waals surface area contributed by atoms with Crippen LogP contribution in [0.5, 0.6) is 0 Å². The fourth-order valence-electron chi connectivity index (χ4n) is 2.48. The molecular formula is C16H17NO3. The maximum absolute atomic E-state index is 10.9. The van der Waals surface area contributed by atoms with Crippen LogP contribution < -0.4 is 0 Å². The predicted octanol–water partition coefficient (Wildman–Crippen LogP) is 3.05.